The van der Waals surface area contributed by atoms with E-state index in [1.165, 1.54) is 19.3 Å². The second-order valence-electron chi connectivity index (χ2n) is 7.13. The third kappa shape index (κ3) is 3.55. The van der Waals surface area contributed by atoms with Crippen LogP contribution in [0, 0.1) is 5.92 Å². The minimum Gasteiger partial charge on any atom is -0.349 e. The lowest BCUT2D eigenvalue weighted by Crippen LogP contribution is -2.36. The van der Waals surface area contributed by atoms with E-state index in [0.717, 1.165) is 48.9 Å². The molecule has 130 valence electrons. The van der Waals surface area contributed by atoms with Crippen LogP contribution >= 0.6 is 0 Å². The number of amides is 1. The number of aryl methyl sites for hydroxylation is 1. The molecule has 4 rings (SSSR count). The molecule has 0 bridgehead atoms. The lowest BCUT2D eigenvalue weighted by molar-refractivity contribution is -0.126. The molecule has 0 radical (unpaired) electrons. The highest BCUT2D eigenvalue weighted by atomic mass is 16.1. The number of carbonyl (C=O) groups is 1. The summed E-state index contributed by atoms with van der Waals surface area (Å²) in [7, 11) is 0. The normalized spacial score (nSPS) is 20.7. The monoisotopic (exact) mass is 336 g/mol. The van der Waals surface area contributed by atoms with Crippen LogP contribution in [-0.2, 0) is 11.2 Å². The fourth-order valence-electron chi connectivity index (χ4n) is 3.99. The number of rotatable bonds is 3. The van der Waals surface area contributed by atoms with Crippen LogP contribution in [0.4, 0.5) is 0 Å². The lowest BCUT2D eigenvalue weighted by atomic mass is 9.87. The number of carbonyl (C=O) groups excluding carboxylic acids is 1. The van der Waals surface area contributed by atoms with Gasteiger partial charge in [-0.05, 0) is 44.2 Å². The van der Waals surface area contributed by atoms with Crippen LogP contribution in [0.3, 0.4) is 0 Å². The van der Waals surface area contributed by atoms with Gasteiger partial charge in [0.15, 0.2) is 5.82 Å². The fraction of sp³-hybridized carbons (Fsp3) is 0.500. The van der Waals surface area contributed by atoms with E-state index >= 15 is 0 Å². The van der Waals surface area contributed by atoms with Gasteiger partial charge in [-0.1, -0.05) is 19.3 Å². The van der Waals surface area contributed by atoms with Gasteiger partial charge in [0.1, 0.15) is 0 Å². The summed E-state index contributed by atoms with van der Waals surface area (Å²) in [5, 5.41) is 3.27. The molecule has 2 aliphatic rings. The van der Waals surface area contributed by atoms with Gasteiger partial charge in [-0.25, -0.2) is 9.97 Å². The van der Waals surface area contributed by atoms with Crippen LogP contribution in [0.25, 0.3) is 11.4 Å². The van der Waals surface area contributed by atoms with Crippen molar-refractivity contribution < 1.29 is 4.79 Å². The van der Waals surface area contributed by atoms with Gasteiger partial charge in [0.05, 0.1) is 6.04 Å². The average Bonchev–Trinajstić information content (AvgIpc) is 2.69. The second-order valence-corrected chi connectivity index (χ2v) is 7.13. The van der Waals surface area contributed by atoms with Crippen molar-refractivity contribution in [3.63, 3.8) is 0 Å². The maximum absolute atomic E-state index is 12.6. The Kier molecular flexibility index (Phi) is 4.72. The topological polar surface area (TPSA) is 67.8 Å². The van der Waals surface area contributed by atoms with Crippen molar-refractivity contribution in [1.29, 1.82) is 0 Å². The highest BCUT2D eigenvalue weighted by Gasteiger charge is 2.27. The first kappa shape index (κ1) is 16.2. The van der Waals surface area contributed by atoms with E-state index in [1.54, 1.807) is 12.4 Å². The van der Waals surface area contributed by atoms with Crippen LogP contribution in [0.1, 0.15) is 62.2 Å². The molecule has 0 aliphatic heterocycles. The van der Waals surface area contributed by atoms with Crippen molar-refractivity contribution in [1.82, 2.24) is 20.3 Å². The molecule has 1 saturated carbocycles. The molecular weight excluding hydrogens is 312 g/mol. The van der Waals surface area contributed by atoms with E-state index in [4.69, 9.17) is 4.98 Å². The molecule has 1 fully saturated rings. The molecule has 2 aromatic rings. The first-order valence-corrected chi connectivity index (χ1v) is 9.38. The van der Waals surface area contributed by atoms with E-state index in [0.29, 0.717) is 5.82 Å². The summed E-state index contributed by atoms with van der Waals surface area (Å²) in [6.45, 7) is 0. The summed E-state index contributed by atoms with van der Waals surface area (Å²) in [6, 6.07) is 3.92. The van der Waals surface area contributed by atoms with Crippen molar-refractivity contribution in [3.05, 3.63) is 42.0 Å². The summed E-state index contributed by atoms with van der Waals surface area (Å²) in [5.74, 6) is 1.12. The zero-order valence-electron chi connectivity index (χ0n) is 14.4. The Morgan fingerprint density at radius 3 is 2.76 bits per heavy atom. The highest BCUT2D eigenvalue weighted by Crippen LogP contribution is 2.31. The Labute approximate surface area is 148 Å². The van der Waals surface area contributed by atoms with Crippen molar-refractivity contribution >= 4 is 5.91 Å². The highest BCUT2D eigenvalue weighted by molar-refractivity contribution is 5.79. The second kappa shape index (κ2) is 7.30. The Bertz CT molecular complexity index is 741. The summed E-state index contributed by atoms with van der Waals surface area (Å²) in [5.41, 5.74) is 3.08. The molecule has 0 spiro atoms. The Morgan fingerprint density at radius 2 is 1.96 bits per heavy atom. The van der Waals surface area contributed by atoms with E-state index in [-0.39, 0.29) is 17.9 Å². The predicted octanol–water partition coefficient (Wildman–Crippen LogP) is 3.61. The molecule has 0 aromatic carbocycles. The standard InChI is InChI=1S/C20H24N4O/c25-20(14-6-2-1-3-7-14)24-18-10-4-9-17-16(18)13-22-19(23-17)15-8-5-11-21-12-15/h5,8,11-14,18H,1-4,6-7,9-10H2,(H,24,25)/t18-/m1/s1. The number of nitrogens with one attached hydrogen (secondary N) is 1. The third-order valence-electron chi connectivity index (χ3n) is 5.39. The fourth-order valence-corrected chi connectivity index (χ4v) is 3.99. The molecule has 1 N–H and O–H groups in total. The molecule has 2 aromatic heterocycles. The van der Waals surface area contributed by atoms with Gasteiger partial charge < -0.3 is 5.32 Å². The smallest absolute Gasteiger partial charge is 0.223 e. The number of fused-ring (bicyclic) bond motifs is 1. The maximum atomic E-state index is 12.6. The van der Waals surface area contributed by atoms with Crippen molar-refractivity contribution in [3.8, 4) is 11.4 Å². The molecule has 25 heavy (non-hydrogen) atoms. The average molecular weight is 336 g/mol. The number of nitrogens with zero attached hydrogens (tertiary/aromatic N) is 3. The third-order valence-corrected chi connectivity index (χ3v) is 5.39. The number of pyridine rings is 1. The number of aromatic nitrogens is 3. The largest absolute Gasteiger partial charge is 0.349 e. The molecule has 1 atom stereocenters. The Morgan fingerprint density at radius 1 is 1.08 bits per heavy atom. The van der Waals surface area contributed by atoms with Crippen molar-refractivity contribution in [2.45, 2.75) is 57.4 Å². The van der Waals surface area contributed by atoms with Gasteiger partial charge >= 0.3 is 0 Å². The summed E-state index contributed by atoms with van der Waals surface area (Å²) in [6.07, 6.45) is 14.1. The Balaban J connectivity index is 1.52. The SMILES string of the molecule is O=C(N[C@@H]1CCCc2nc(-c3cccnc3)ncc21)C1CCCCC1. The van der Waals surface area contributed by atoms with Crippen LogP contribution in [-0.4, -0.2) is 20.9 Å². The summed E-state index contributed by atoms with van der Waals surface area (Å²) < 4.78 is 0. The van der Waals surface area contributed by atoms with Gasteiger partial charge in [-0.2, -0.15) is 0 Å². The van der Waals surface area contributed by atoms with Crippen LogP contribution < -0.4 is 5.32 Å². The lowest BCUT2D eigenvalue weighted by Gasteiger charge is -2.28. The molecule has 2 aliphatic carbocycles. The van der Waals surface area contributed by atoms with E-state index in [9.17, 15) is 4.79 Å². The number of hydrogen-bond donors (Lipinski definition) is 1. The zero-order valence-corrected chi connectivity index (χ0v) is 14.4. The first-order chi connectivity index (χ1) is 12.3. The number of hydrogen-bond acceptors (Lipinski definition) is 4. The van der Waals surface area contributed by atoms with E-state index in [2.05, 4.69) is 15.3 Å². The molecule has 5 nitrogen and oxygen atoms in total. The minimum atomic E-state index is 0.0566. The molecule has 0 unspecified atom stereocenters. The van der Waals surface area contributed by atoms with Gasteiger partial charge in [0.2, 0.25) is 5.91 Å². The van der Waals surface area contributed by atoms with Crippen LogP contribution in [0.2, 0.25) is 0 Å². The van der Waals surface area contributed by atoms with Gasteiger partial charge in [0, 0.05) is 41.3 Å². The summed E-state index contributed by atoms with van der Waals surface area (Å²) in [4.78, 5) is 26.0. The van der Waals surface area contributed by atoms with Gasteiger partial charge in [0.25, 0.3) is 0 Å². The maximum Gasteiger partial charge on any atom is 0.223 e. The van der Waals surface area contributed by atoms with Crippen LogP contribution in [0.15, 0.2) is 30.7 Å². The van der Waals surface area contributed by atoms with Gasteiger partial charge in [-0.3, -0.25) is 9.78 Å². The van der Waals surface area contributed by atoms with E-state index in [1.807, 2.05) is 18.3 Å². The molecule has 5 heteroatoms. The molecule has 0 saturated heterocycles. The minimum absolute atomic E-state index is 0.0566. The molecular formula is C20H24N4O. The van der Waals surface area contributed by atoms with Crippen molar-refractivity contribution in [2.24, 2.45) is 5.92 Å². The molecule has 2 heterocycles. The quantitative estimate of drug-likeness (QED) is 0.929. The predicted molar refractivity (Wildman–Crippen MR) is 95.7 cm³/mol. The summed E-state index contributed by atoms with van der Waals surface area (Å²) >= 11 is 0. The van der Waals surface area contributed by atoms with E-state index < -0.39 is 0 Å². The van der Waals surface area contributed by atoms with Crippen LogP contribution in [0.5, 0.6) is 0 Å². The zero-order chi connectivity index (χ0) is 17.1. The molecule has 1 amide bonds. The first-order valence-electron chi connectivity index (χ1n) is 9.38. The Hall–Kier alpha value is -2.30. The van der Waals surface area contributed by atoms with Crippen molar-refractivity contribution in [2.75, 3.05) is 0 Å². The van der Waals surface area contributed by atoms with Gasteiger partial charge in [-0.15, -0.1) is 0 Å².